The topological polar surface area (TPSA) is 162 Å². The van der Waals surface area contributed by atoms with Crippen LogP contribution in [0.1, 0.15) is 1.43 Å². The van der Waals surface area contributed by atoms with Crippen LogP contribution in [0.2, 0.25) is 0 Å². The summed E-state index contributed by atoms with van der Waals surface area (Å²) in [4.78, 5) is 58.6. The Morgan fingerprint density at radius 2 is 0.545 bits per heavy atom. The van der Waals surface area contributed by atoms with Gasteiger partial charge in [0.25, 0.3) is 0 Å². The van der Waals surface area contributed by atoms with Gasteiger partial charge < -0.3 is 39.8 Å². The Hall–Kier alpha value is 2.17. The van der Waals surface area contributed by atoms with Gasteiger partial charge in [-0.2, -0.15) is 0 Å². The molecule has 0 rings (SSSR count). The second kappa shape index (κ2) is 7.56. The molecule has 0 atom stereocenters. The predicted molar refractivity (Wildman–Crippen MR) is 30.4 cm³/mol. The Balaban J connectivity index is -0.0000000457. The minimum absolute atomic E-state index is 0. The third kappa shape index (κ3) is 268. The number of hydrogen-bond donors (Lipinski definition) is 8. The summed E-state index contributed by atoms with van der Waals surface area (Å²) < 4.78 is 0. The molecule has 0 unspecified atom stereocenters. The number of rotatable bonds is 0. The minimum atomic E-state index is -4.61. The SMILES string of the molecule is O[Si](O)(O)O.O[Si](O)(O)O.[Cs+].[H-]. The third-order valence-corrected chi connectivity index (χ3v) is 0. The third-order valence-electron chi connectivity index (χ3n) is 0. The maximum absolute atomic E-state index is 7.33. The van der Waals surface area contributed by atoms with Crippen LogP contribution in [0.25, 0.3) is 0 Å². The van der Waals surface area contributed by atoms with Gasteiger partial charge in [0.15, 0.2) is 0 Å². The Morgan fingerprint density at radius 1 is 0.545 bits per heavy atom. The molecule has 0 fully saturated rings. The van der Waals surface area contributed by atoms with Gasteiger partial charge in [-0.3, -0.25) is 0 Å². The predicted octanol–water partition coefficient (Wildman–Crippen LogP) is -8.10. The smallest absolute Gasteiger partial charge is 1.00 e. The molecule has 8 N–H and O–H groups in total. The van der Waals surface area contributed by atoms with Crippen LogP contribution in [-0.2, 0) is 0 Å². The fourth-order valence-electron chi connectivity index (χ4n) is 0. The van der Waals surface area contributed by atoms with E-state index in [4.69, 9.17) is 38.4 Å². The first kappa shape index (κ1) is 18.9. The zero-order chi connectivity index (χ0) is 9.00. The summed E-state index contributed by atoms with van der Waals surface area (Å²) in [6.45, 7) is 0. The molecule has 0 aromatic heterocycles. The maximum atomic E-state index is 7.33. The zero-order valence-corrected chi connectivity index (χ0v) is 13.9. The maximum Gasteiger partial charge on any atom is 1.00 e. The van der Waals surface area contributed by atoms with Crippen LogP contribution < -0.4 is 68.9 Å². The summed E-state index contributed by atoms with van der Waals surface area (Å²) >= 11 is 0. The quantitative estimate of drug-likeness (QED) is 0.204. The van der Waals surface area contributed by atoms with Crippen molar-refractivity contribution in [2.75, 3.05) is 0 Å². The summed E-state index contributed by atoms with van der Waals surface area (Å²) in [6.07, 6.45) is 0. The van der Waals surface area contributed by atoms with E-state index in [0.717, 1.165) is 0 Å². The zero-order valence-electron chi connectivity index (χ0n) is 6.58. The molecular formula is H9CsO8Si2. The van der Waals surface area contributed by atoms with Crippen molar-refractivity contribution >= 4 is 18.1 Å². The molecule has 0 saturated heterocycles. The van der Waals surface area contributed by atoms with Crippen molar-refractivity contribution in [1.29, 1.82) is 0 Å². The Bertz CT molecular complexity index is 60.0. The van der Waals surface area contributed by atoms with Crippen LogP contribution in [0.5, 0.6) is 0 Å². The molecule has 0 spiro atoms. The molecule has 0 aliphatic rings. The van der Waals surface area contributed by atoms with E-state index in [9.17, 15) is 0 Å². The molecule has 0 bridgehead atoms. The van der Waals surface area contributed by atoms with E-state index in [1.165, 1.54) is 0 Å². The van der Waals surface area contributed by atoms with E-state index in [1.54, 1.807) is 0 Å². The molecule has 8 nitrogen and oxygen atoms in total. The molecule has 11 heteroatoms. The van der Waals surface area contributed by atoms with Gasteiger partial charge in [0.1, 0.15) is 0 Å². The van der Waals surface area contributed by atoms with Crippen LogP contribution in [0.3, 0.4) is 0 Å². The molecule has 0 heterocycles. The first-order valence-corrected chi connectivity index (χ1v) is 5.37. The van der Waals surface area contributed by atoms with E-state index in [1.807, 2.05) is 0 Å². The van der Waals surface area contributed by atoms with E-state index in [2.05, 4.69) is 0 Å². The van der Waals surface area contributed by atoms with E-state index in [0.29, 0.717) is 0 Å². The van der Waals surface area contributed by atoms with Crippen molar-refractivity contribution in [3.63, 3.8) is 0 Å². The normalized spacial score (nSPS) is 10.9. The molecule has 0 saturated carbocycles. The van der Waals surface area contributed by atoms with E-state index >= 15 is 0 Å². The van der Waals surface area contributed by atoms with Crippen molar-refractivity contribution in [3.05, 3.63) is 0 Å². The van der Waals surface area contributed by atoms with Crippen molar-refractivity contribution in [1.82, 2.24) is 0 Å². The first-order valence-electron chi connectivity index (χ1n) is 1.79. The van der Waals surface area contributed by atoms with Gasteiger partial charge in [-0.25, -0.2) is 0 Å². The second-order valence-electron chi connectivity index (χ2n) is 1.20. The average Bonchev–Trinajstić information content (AvgIpc) is 1.12. The monoisotopic (exact) mass is 326 g/mol. The molecular weight excluding hydrogens is 317 g/mol. The fourth-order valence-corrected chi connectivity index (χ4v) is 0. The summed E-state index contributed by atoms with van der Waals surface area (Å²) in [5.41, 5.74) is 0. The summed E-state index contributed by atoms with van der Waals surface area (Å²) in [5.74, 6) is 0. The molecule has 11 heavy (non-hydrogen) atoms. The summed E-state index contributed by atoms with van der Waals surface area (Å²) in [5, 5.41) is 0. The van der Waals surface area contributed by atoms with E-state index < -0.39 is 18.1 Å². The van der Waals surface area contributed by atoms with Crippen LogP contribution in [0.15, 0.2) is 0 Å². The molecule has 0 aromatic rings. The van der Waals surface area contributed by atoms with Gasteiger partial charge in [-0.15, -0.1) is 0 Å². The number of hydrogen-bond acceptors (Lipinski definition) is 8. The van der Waals surface area contributed by atoms with Gasteiger partial charge >= 0.3 is 87.0 Å². The molecule has 0 aliphatic heterocycles. The Morgan fingerprint density at radius 3 is 0.545 bits per heavy atom. The van der Waals surface area contributed by atoms with Gasteiger partial charge in [0.05, 0.1) is 0 Å². The van der Waals surface area contributed by atoms with Gasteiger partial charge in [-0.1, -0.05) is 0 Å². The average molecular weight is 326 g/mol. The van der Waals surface area contributed by atoms with Crippen molar-refractivity contribution < 1.29 is 109 Å². The fraction of sp³-hybridized carbons (Fsp3) is 0. The van der Waals surface area contributed by atoms with Crippen molar-refractivity contribution in [2.24, 2.45) is 0 Å². The minimum Gasteiger partial charge on any atom is -1.00 e. The van der Waals surface area contributed by atoms with Crippen molar-refractivity contribution in [2.45, 2.75) is 0 Å². The van der Waals surface area contributed by atoms with Gasteiger partial charge in [0.2, 0.25) is 0 Å². The Labute approximate surface area is 124 Å². The van der Waals surface area contributed by atoms with Crippen molar-refractivity contribution in [3.8, 4) is 0 Å². The van der Waals surface area contributed by atoms with Crippen LogP contribution in [0.4, 0.5) is 0 Å². The van der Waals surface area contributed by atoms with Crippen LogP contribution >= 0.6 is 0 Å². The second-order valence-corrected chi connectivity index (χ2v) is 3.60. The summed E-state index contributed by atoms with van der Waals surface area (Å²) in [6, 6.07) is 0. The molecule has 0 aromatic carbocycles. The van der Waals surface area contributed by atoms with E-state index in [-0.39, 0.29) is 70.3 Å². The molecule has 0 aliphatic carbocycles. The first-order chi connectivity index (χ1) is 4.00. The standard InChI is InChI=1S/Cs.2H4O4Si.H/c;2*1-5(2,3)4;/h;2*1-4H;/q+1;;;-1. The Kier molecular flexibility index (Phi) is 13.0. The largest absolute Gasteiger partial charge is 1.00 e. The van der Waals surface area contributed by atoms with Crippen LogP contribution in [0, 0.1) is 0 Å². The molecule has 0 radical (unpaired) electrons. The summed E-state index contributed by atoms with van der Waals surface area (Å²) in [7, 11) is -9.22. The molecule has 66 valence electrons. The molecule has 0 amide bonds. The van der Waals surface area contributed by atoms with Gasteiger partial charge in [-0.05, 0) is 0 Å². The van der Waals surface area contributed by atoms with Crippen LogP contribution in [-0.4, -0.2) is 56.5 Å². The van der Waals surface area contributed by atoms with Gasteiger partial charge in [0, 0.05) is 0 Å².